The third-order valence-electron chi connectivity index (χ3n) is 3.90. The molecule has 5 heteroatoms. The number of aromatic nitrogens is 2. The van der Waals surface area contributed by atoms with E-state index in [0.29, 0.717) is 22.9 Å². The van der Waals surface area contributed by atoms with Crippen LogP contribution in [0.5, 0.6) is 0 Å². The summed E-state index contributed by atoms with van der Waals surface area (Å²) in [4.78, 5) is 11.2. The van der Waals surface area contributed by atoms with Gasteiger partial charge in [-0.2, -0.15) is 0 Å². The number of nitrogen functional groups attached to an aromatic ring is 2. The lowest BCUT2D eigenvalue weighted by molar-refractivity contribution is 0.573. The number of hydrogen-bond donors (Lipinski definition) is 2. The van der Waals surface area contributed by atoms with Gasteiger partial charge in [0.1, 0.15) is 17.2 Å². The monoisotopic (exact) mass is 307 g/mol. The highest BCUT2D eigenvalue weighted by molar-refractivity contribution is 5.69. The number of nitrogens with two attached hydrogens (primary N) is 2. The first-order chi connectivity index (χ1) is 11.1. The fourth-order valence-corrected chi connectivity index (χ4v) is 2.76. The molecule has 1 aromatic heterocycles. The number of rotatable bonds is 1. The summed E-state index contributed by atoms with van der Waals surface area (Å²) >= 11 is 0. The van der Waals surface area contributed by atoms with E-state index in [1.807, 2.05) is 31.2 Å². The van der Waals surface area contributed by atoms with Gasteiger partial charge in [-0.3, -0.25) is 0 Å². The predicted octanol–water partition coefficient (Wildman–Crippen LogP) is 2.34. The smallest absolute Gasteiger partial charge is 0.156 e. The molecule has 23 heavy (non-hydrogen) atoms. The zero-order valence-corrected chi connectivity index (χ0v) is 13.3. The fourth-order valence-electron chi connectivity index (χ4n) is 2.76. The minimum absolute atomic E-state index is 0.564. The number of hydrogen-bond acceptors (Lipinski definition) is 5. The maximum Gasteiger partial charge on any atom is 0.156 e. The van der Waals surface area contributed by atoms with E-state index in [-0.39, 0.29) is 0 Å². The first-order valence-electron chi connectivity index (χ1n) is 7.90. The molecule has 0 aliphatic carbocycles. The minimum Gasteiger partial charge on any atom is -0.399 e. The summed E-state index contributed by atoms with van der Waals surface area (Å²) in [5, 5.41) is 0. The first kappa shape index (κ1) is 15.2. The third kappa shape index (κ3) is 3.54. The van der Waals surface area contributed by atoms with Gasteiger partial charge >= 0.3 is 0 Å². The van der Waals surface area contributed by atoms with Crippen molar-refractivity contribution in [3.05, 3.63) is 41.3 Å². The average molecular weight is 307 g/mol. The van der Waals surface area contributed by atoms with Crippen LogP contribution in [0.15, 0.2) is 24.3 Å². The van der Waals surface area contributed by atoms with E-state index in [1.54, 1.807) is 0 Å². The normalized spacial score (nSPS) is 14.2. The number of piperidine rings is 1. The molecule has 1 saturated heterocycles. The maximum absolute atomic E-state index is 6.28. The Morgan fingerprint density at radius 3 is 2.57 bits per heavy atom. The van der Waals surface area contributed by atoms with Crippen LogP contribution in [-0.4, -0.2) is 23.1 Å². The van der Waals surface area contributed by atoms with Crippen molar-refractivity contribution >= 4 is 17.2 Å². The lowest BCUT2D eigenvalue weighted by Gasteiger charge is -2.28. The van der Waals surface area contributed by atoms with Crippen molar-refractivity contribution < 1.29 is 0 Å². The molecule has 1 aliphatic heterocycles. The van der Waals surface area contributed by atoms with Crippen LogP contribution in [0, 0.1) is 18.8 Å². The molecule has 0 bridgehead atoms. The van der Waals surface area contributed by atoms with E-state index in [9.17, 15) is 0 Å². The van der Waals surface area contributed by atoms with E-state index in [0.717, 1.165) is 24.5 Å². The lowest BCUT2D eigenvalue weighted by Crippen LogP contribution is -2.31. The molecular formula is C18H21N5. The third-order valence-corrected chi connectivity index (χ3v) is 3.90. The fraction of sp³-hybridized carbons (Fsp3) is 0.333. The van der Waals surface area contributed by atoms with Crippen molar-refractivity contribution in [1.82, 2.24) is 9.97 Å². The molecule has 0 atom stereocenters. The van der Waals surface area contributed by atoms with E-state index in [1.165, 1.54) is 19.3 Å². The van der Waals surface area contributed by atoms with Crippen molar-refractivity contribution in [3.8, 4) is 11.8 Å². The van der Waals surface area contributed by atoms with Crippen LogP contribution in [-0.2, 0) is 0 Å². The van der Waals surface area contributed by atoms with Crippen molar-refractivity contribution in [2.45, 2.75) is 26.2 Å². The number of benzene rings is 1. The predicted molar refractivity (Wildman–Crippen MR) is 94.1 cm³/mol. The first-order valence-corrected chi connectivity index (χ1v) is 7.90. The number of aryl methyl sites for hydroxylation is 1. The van der Waals surface area contributed by atoms with Gasteiger partial charge in [0, 0.05) is 24.3 Å². The Morgan fingerprint density at radius 2 is 1.83 bits per heavy atom. The lowest BCUT2D eigenvalue weighted by atomic mass is 10.1. The number of nitrogens with zero attached hydrogens (tertiary/aromatic N) is 3. The summed E-state index contributed by atoms with van der Waals surface area (Å²) in [6, 6.07) is 7.47. The van der Waals surface area contributed by atoms with Crippen LogP contribution in [0.25, 0.3) is 0 Å². The van der Waals surface area contributed by atoms with Gasteiger partial charge in [-0.1, -0.05) is 12.0 Å². The summed E-state index contributed by atoms with van der Waals surface area (Å²) < 4.78 is 0. The maximum atomic E-state index is 6.28. The van der Waals surface area contributed by atoms with Gasteiger partial charge in [-0.05, 0) is 50.3 Å². The molecule has 0 saturated carbocycles. The summed E-state index contributed by atoms with van der Waals surface area (Å²) in [5.74, 6) is 7.65. The molecule has 2 heterocycles. The van der Waals surface area contributed by atoms with Crippen molar-refractivity contribution in [1.29, 1.82) is 0 Å². The van der Waals surface area contributed by atoms with Crippen molar-refractivity contribution in [3.63, 3.8) is 0 Å². The average Bonchev–Trinajstić information content (AvgIpc) is 2.56. The van der Waals surface area contributed by atoms with Gasteiger partial charge in [0.15, 0.2) is 5.82 Å². The summed E-state index contributed by atoms with van der Waals surface area (Å²) in [7, 11) is 0. The van der Waals surface area contributed by atoms with Crippen LogP contribution < -0.4 is 16.4 Å². The highest BCUT2D eigenvalue weighted by atomic mass is 15.2. The highest BCUT2D eigenvalue weighted by Gasteiger charge is 2.17. The summed E-state index contributed by atoms with van der Waals surface area (Å²) in [5.41, 5.74) is 14.7. The Bertz CT molecular complexity index is 767. The molecule has 0 radical (unpaired) electrons. The Kier molecular flexibility index (Phi) is 4.33. The second kappa shape index (κ2) is 6.57. The second-order valence-corrected chi connectivity index (χ2v) is 5.78. The molecule has 1 aromatic carbocycles. The zero-order chi connectivity index (χ0) is 16.2. The minimum atomic E-state index is 0.564. The Morgan fingerprint density at radius 1 is 1.04 bits per heavy atom. The van der Waals surface area contributed by atoms with Gasteiger partial charge in [0.2, 0.25) is 0 Å². The van der Waals surface area contributed by atoms with Crippen molar-refractivity contribution in [2.75, 3.05) is 29.5 Å². The SMILES string of the molecule is Cc1nc(C#Cc2cccc(N)c2)c(N)c(N2CCCCC2)n1. The van der Waals surface area contributed by atoms with Crippen LogP contribution >= 0.6 is 0 Å². The largest absolute Gasteiger partial charge is 0.399 e. The molecule has 1 fully saturated rings. The van der Waals surface area contributed by atoms with Gasteiger partial charge < -0.3 is 16.4 Å². The van der Waals surface area contributed by atoms with E-state index in [4.69, 9.17) is 11.5 Å². The molecule has 3 rings (SSSR count). The Hall–Kier alpha value is -2.74. The van der Waals surface area contributed by atoms with Gasteiger partial charge in [-0.15, -0.1) is 0 Å². The van der Waals surface area contributed by atoms with E-state index in [2.05, 4.69) is 26.7 Å². The summed E-state index contributed by atoms with van der Waals surface area (Å²) in [6.07, 6.45) is 3.61. The standard InChI is InChI=1S/C18H21N5/c1-13-21-16(9-8-14-6-5-7-15(19)12-14)17(20)18(22-13)23-10-3-2-4-11-23/h5-7,12H,2-4,10-11,19-20H2,1H3. The molecule has 5 nitrogen and oxygen atoms in total. The van der Waals surface area contributed by atoms with Gasteiger partial charge in [0.05, 0.1) is 0 Å². The van der Waals surface area contributed by atoms with Gasteiger partial charge in [0.25, 0.3) is 0 Å². The van der Waals surface area contributed by atoms with Crippen LogP contribution in [0.3, 0.4) is 0 Å². The molecule has 1 aliphatic rings. The zero-order valence-electron chi connectivity index (χ0n) is 13.3. The number of anilines is 3. The van der Waals surface area contributed by atoms with Crippen LogP contribution in [0.4, 0.5) is 17.2 Å². The molecule has 0 unspecified atom stereocenters. The van der Waals surface area contributed by atoms with E-state index >= 15 is 0 Å². The summed E-state index contributed by atoms with van der Waals surface area (Å²) in [6.45, 7) is 3.85. The molecule has 4 N–H and O–H groups in total. The Labute approximate surface area is 136 Å². The topological polar surface area (TPSA) is 81.1 Å². The highest BCUT2D eigenvalue weighted by Crippen LogP contribution is 2.26. The van der Waals surface area contributed by atoms with Crippen LogP contribution in [0.2, 0.25) is 0 Å². The van der Waals surface area contributed by atoms with Crippen LogP contribution in [0.1, 0.15) is 36.3 Å². The van der Waals surface area contributed by atoms with Crippen molar-refractivity contribution in [2.24, 2.45) is 0 Å². The van der Waals surface area contributed by atoms with Gasteiger partial charge in [-0.25, -0.2) is 9.97 Å². The molecule has 0 amide bonds. The van der Waals surface area contributed by atoms with E-state index < -0.39 is 0 Å². The second-order valence-electron chi connectivity index (χ2n) is 5.78. The Balaban J connectivity index is 1.95. The molecular weight excluding hydrogens is 286 g/mol. The molecule has 0 spiro atoms. The quantitative estimate of drug-likeness (QED) is 0.624. The molecule has 2 aromatic rings. The molecule has 118 valence electrons.